The van der Waals surface area contributed by atoms with Gasteiger partial charge >= 0.3 is 11.9 Å². The summed E-state index contributed by atoms with van der Waals surface area (Å²) in [7, 11) is 0. The largest absolute Gasteiger partial charge is 0.488 e. The second-order valence-electron chi connectivity index (χ2n) is 19.9. The normalized spacial score (nSPS) is 14.2. The Morgan fingerprint density at radius 2 is 1.12 bits per heavy atom. The Morgan fingerprint density at radius 1 is 0.635 bits per heavy atom. The number of aldehydes is 1. The van der Waals surface area contributed by atoms with Crippen LogP contribution in [0, 0.1) is 22.7 Å². The van der Waals surface area contributed by atoms with Gasteiger partial charge in [-0.1, -0.05) is 120 Å². The van der Waals surface area contributed by atoms with E-state index in [0.29, 0.717) is 61.6 Å². The topological polar surface area (TPSA) is 280 Å². The van der Waals surface area contributed by atoms with E-state index in [1.165, 1.54) is 45.8 Å². The van der Waals surface area contributed by atoms with Gasteiger partial charge in [-0.2, -0.15) is 10.5 Å². The summed E-state index contributed by atoms with van der Waals surface area (Å²) in [6.07, 6.45) is 7.45. The molecule has 85 heavy (non-hydrogen) atoms. The summed E-state index contributed by atoms with van der Waals surface area (Å²) in [5.41, 5.74) is 17.9. The number of carbonyl (C=O) groups is 3. The van der Waals surface area contributed by atoms with Gasteiger partial charge in [-0.25, -0.2) is 0 Å². The number of carboxylic acid groups (broad SMARTS) is 2. The van der Waals surface area contributed by atoms with Gasteiger partial charge in [0.25, 0.3) is 0 Å². The summed E-state index contributed by atoms with van der Waals surface area (Å²) in [5.74, 6) is -0.294. The first-order valence-electron chi connectivity index (χ1n) is 27.2. The lowest BCUT2D eigenvalue weighted by molar-refractivity contribution is -0.140. The second kappa shape index (κ2) is 30.4. The average Bonchev–Trinajstić information content (AvgIpc) is 3.18. The van der Waals surface area contributed by atoms with Crippen molar-refractivity contribution in [2.75, 3.05) is 13.1 Å². The van der Waals surface area contributed by atoms with Gasteiger partial charge in [0, 0.05) is 73.2 Å². The van der Waals surface area contributed by atoms with Crippen molar-refractivity contribution in [3.05, 3.63) is 224 Å². The molecule has 8 aromatic rings. The number of carboxylic acids is 2. The van der Waals surface area contributed by atoms with Gasteiger partial charge in [0.15, 0.2) is 6.29 Å². The first-order valence-corrected chi connectivity index (χ1v) is 27.9. The van der Waals surface area contributed by atoms with Crippen molar-refractivity contribution < 1.29 is 53.8 Å². The fraction of sp³-hybridized carbons (Fsp3) is 0.227. The van der Waals surface area contributed by atoms with E-state index in [0.717, 1.165) is 47.9 Å². The van der Waals surface area contributed by atoms with Crippen molar-refractivity contribution in [3.63, 3.8) is 0 Å². The third kappa shape index (κ3) is 17.0. The van der Waals surface area contributed by atoms with Crippen LogP contribution in [0.4, 0.5) is 0 Å². The minimum Gasteiger partial charge on any atom is -0.488 e. The summed E-state index contributed by atoms with van der Waals surface area (Å²) in [6, 6.07) is 47.5. The molecule has 0 bridgehead atoms. The third-order valence-corrected chi connectivity index (χ3v) is 14.5. The molecule has 0 saturated carbocycles. The molecule has 7 N–H and O–H groups in total. The predicted octanol–water partition coefficient (Wildman–Crippen LogP) is 11.4. The van der Waals surface area contributed by atoms with Crippen molar-refractivity contribution in [3.8, 4) is 57.4 Å². The highest BCUT2D eigenvalue weighted by Gasteiger charge is 2.29. The number of nitrogens with one attached hydrogen (secondary N) is 1. The maximum absolute atomic E-state index is 11.6. The van der Waals surface area contributed by atoms with E-state index in [-0.39, 0.29) is 57.9 Å². The van der Waals surface area contributed by atoms with Gasteiger partial charge in [-0.3, -0.25) is 24.4 Å². The number of ether oxygens (including phenoxy) is 4. The van der Waals surface area contributed by atoms with Crippen molar-refractivity contribution >= 4 is 41.4 Å². The van der Waals surface area contributed by atoms with Crippen molar-refractivity contribution in [1.82, 2.24) is 15.3 Å². The van der Waals surface area contributed by atoms with Crippen LogP contribution >= 0.6 is 23.2 Å². The first-order chi connectivity index (χ1) is 41.2. The molecular formula is C66H60Cl2N6O11. The van der Waals surface area contributed by atoms with E-state index in [4.69, 9.17) is 68.5 Å². The molecule has 10 rings (SSSR count). The van der Waals surface area contributed by atoms with Gasteiger partial charge in [0.1, 0.15) is 60.6 Å². The summed E-state index contributed by atoms with van der Waals surface area (Å²) >= 11 is 13.2. The van der Waals surface area contributed by atoms with Crippen molar-refractivity contribution in [2.24, 2.45) is 5.73 Å². The molecule has 0 fully saturated rings. The van der Waals surface area contributed by atoms with Crippen LogP contribution in [0.5, 0.6) is 23.0 Å². The first kappa shape index (κ1) is 61.9. The molecule has 0 saturated heterocycles. The molecule has 6 aromatic carbocycles. The predicted molar refractivity (Wildman–Crippen MR) is 319 cm³/mol. The van der Waals surface area contributed by atoms with Crippen LogP contribution in [0.25, 0.3) is 22.3 Å². The van der Waals surface area contributed by atoms with E-state index in [1.807, 2.05) is 36.4 Å². The van der Waals surface area contributed by atoms with Crippen molar-refractivity contribution in [1.29, 1.82) is 10.5 Å². The number of rotatable bonds is 22. The number of nitrogens with two attached hydrogens (primary N) is 1. The summed E-state index contributed by atoms with van der Waals surface area (Å²) < 4.78 is 24.9. The standard InChI is InChI=1S/C33H30ClN3O5.C29H21ClN2O3.C4H9NO3/c34-29-12-24(18-37-19-25(38)13-33(39)40)31(41-20-22-11-21(15-35)16-36-17-22)14-32(29)42-30-10-9-27-26(7-4-8-28(27)30)23-5-2-1-3-6-23;30-26-12-22(17-33)28(34-18-20-11-19(14-31)15-32-16-20)13-29(26)35-27-10-9-24-23(7-4-8-25(24)27)21-5-2-1-3-6-21;5-2-3(6)1-4(7)8/h1-8,11-12,14,16-17,25,30,37-38H,9-10,13,18-20H2,(H,39,40);1-8,11-13,15-17,27H,9-10,18H2;3,6H,1-2,5H2,(H,7,8)/t25-,30?;;3-/m0.0/s1. The molecule has 2 unspecified atom stereocenters. The Morgan fingerprint density at radius 3 is 1.59 bits per heavy atom. The Labute approximate surface area is 501 Å². The molecule has 19 heteroatoms. The number of nitrogens with zero attached hydrogens (tertiary/aromatic N) is 4. The van der Waals surface area contributed by atoms with Crippen LogP contribution in [0.3, 0.4) is 0 Å². The number of nitriles is 2. The Kier molecular flexibility index (Phi) is 22.1. The number of carbonyl (C=O) groups excluding carboxylic acids is 1. The summed E-state index contributed by atoms with van der Waals surface area (Å²) in [4.78, 5) is 40.4. The number of pyridine rings is 2. The SMILES string of the molecule is N#Cc1cncc(COc2cc(OC3CCc4c(-c5ccccc5)cccc43)c(Cl)cc2C=O)c1.N#Cc1cncc(COc2cc(OC3CCc4c(-c5ccccc5)cccc43)c(Cl)cc2CNC[C@@H](O)CC(=O)O)c1.NC[C@@H](O)CC(=O)O. The fourth-order valence-corrected chi connectivity index (χ4v) is 10.3. The molecule has 4 atom stereocenters. The van der Waals surface area contributed by atoms with Crippen LogP contribution in [-0.2, 0) is 42.2 Å². The highest BCUT2D eigenvalue weighted by Crippen LogP contribution is 2.45. The van der Waals surface area contributed by atoms with Crippen LogP contribution in [0.15, 0.2) is 158 Å². The van der Waals surface area contributed by atoms with E-state index >= 15 is 0 Å². The summed E-state index contributed by atoms with van der Waals surface area (Å²) in [5, 5.41) is 57.5. The zero-order chi connectivity index (χ0) is 60.2. The molecule has 434 valence electrons. The molecule has 2 aliphatic carbocycles. The molecule has 2 aliphatic rings. The Bertz CT molecular complexity index is 3710. The number of aromatic nitrogens is 2. The molecule has 0 spiro atoms. The molecule has 0 aliphatic heterocycles. The Balaban J connectivity index is 0.000000198. The van der Waals surface area contributed by atoms with Gasteiger partial charge in [-0.05, 0) is 94.5 Å². The highest BCUT2D eigenvalue weighted by molar-refractivity contribution is 6.32. The monoisotopic (exact) mass is 1180 g/mol. The molecule has 2 heterocycles. The quantitative estimate of drug-likeness (QED) is 0.0344. The fourth-order valence-electron chi connectivity index (χ4n) is 9.87. The number of hydrogen-bond acceptors (Lipinski definition) is 15. The second-order valence-corrected chi connectivity index (χ2v) is 20.7. The molecule has 0 amide bonds. The third-order valence-electron chi connectivity index (χ3n) is 13.9. The number of halogens is 2. The molecule has 0 radical (unpaired) electrons. The lowest BCUT2D eigenvalue weighted by atomic mass is 9.97. The van der Waals surface area contributed by atoms with Crippen LogP contribution < -0.4 is 30.0 Å². The number of fused-ring (bicyclic) bond motifs is 2. The number of aliphatic hydroxyl groups is 2. The number of aliphatic carboxylic acids is 2. The highest BCUT2D eigenvalue weighted by atomic mass is 35.5. The summed E-state index contributed by atoms with van der Waals surface area (Å²) in [6.45, 7) is 0.669. The molecule has 17 nitrogen and oxygen atoms in total. The average molecular weight is 1180 g/mol. The zero-order valence-electron chi connectivity index (χ0n) is 45.9. The molecular weight excluding hydrogens is 1120 g/mol. The van der Waals surface area contributed by atoms with Crippen molar-refractivity contribution in [2.45, 2.75) is 82.7 Å². The van der Waals surface area contributed by atoms with Gasteiger partial charge in [-0.15, -0.1) is 0 Å². The molecule has 2 aromatic heterocycles. The maximum Gasteiger partial charge on any atom is 0.306 e. The number of hydrogen-bond donors (Lipinski definition) is 6. The lowest BCUT2D eigenvalue weighted by Crippen LogP contribution is -2.28. The minimum absolute atomic E-state index is 0.00625. The van der Waals surface area contributed by atoms with E-state index in [2.05, 4.69) is 88.1 Å². The maximum atomic E-state index is 11.6. The Hall–Kier alpha value is -9.17. The van der Waals surface area contributed by atoms with E-state index < -0.39 is 24.1 Å². The number of benzene rings is 6. The van der Waals surface area contributed by atoms with Gasteiger partial charge in [0.2, 0.25) is 0 Å². The van der Waals surface area contributed by atoms with Gasteiger partial charge in [0.05, 0.1) is 51.8 Å². The van der Waals surface area contributed by atoms with E-state index in [1.54, 1.807) is 48.8 Å². The zero-order valence-corrected chi connectivity index (χ0v) is 47.5. The van der Waals surface area contributed by atoms with Gasteiger partial charge < -0.3 is 50.4 Å². The van der Waals surface area contributed by atoms with Crippen LogP contribution in [0.2, 0.25) is 10.0 Å². The lowest BCUT2D eigenvalue weighted by Gasteiger charge is -2.20. The smallest absolute Gasteiger partial charge is 0.306 e. The van der Waals surface area contributed by atoms with Crippen LogP contribution in [-0.4, -0.2) is 73.9 Å². The number of aliphatic hydroxyl groups excluding tert-OH is 2. The van der Waals surface area contributed by atoms with Crippen LogP contribution in [0.1, 0.15) is 98.3 Å². The minimum atomic E-state index is -1.07. The van der Waals surface area contributed by atoms with E-state index in [9.17, 15) is 24.8 Å².